The standard InChI is InChI=1S/C22H16FIN2O/c23-16-9-10-19-18(12-16)20(15-6-2-1-3-7-15)21(26-19)22(27)25-13-14-5-4-8-17(24)11-14/h1-12,26H,13H2,(H,25,27). The molecule has 0 saturated heterocycles. The molecule has 0 atom stereocenters. The smallest absolute Gasteiger partial charge is 0.268 e. The summed E-state index contributed by atoms with van der Waals surface area (Å²) < 4.78 is 15.0. The zero-order valence-corrected chi connectivity index (χ0v) is 16.5. The molecule has 1 aromatic heterocycles. The Balaban J connectivity index is 1.73. The van der Waals surface area contributed by atoms with E-state index in [1.165, 1.54) is 12.1 Å². The number of amides is 1. The summed E-state index contributed by atoms with van der Waals surface area (Å²) in [4.78, 5) is 16.1. The summed E-state index contributed by atoms with van der Waals surface area (Å²) in [6.45, 7) is 0.424. The van der Waals surface area contributed by atoms with Gasteiger partial charge in [0.1, 0.15) is 11.5 Å². The minimum Gasteiger partial charge on any atom is -0.350 e. The van der Waals surface area contributed by atoms with E-state index in [9.17, 15) is 9.18 Å². The Kier molecular flexibility index (Phi) is 4.94. The van der Waals surface area contributed by atoms with Gasteiger partial charge in [-0.3, -0.25) is 4.79 Å². The molecule has 134 valence electrons. The van der Waals surface area contributed by atoms with Gasteiger partial charge in [0.15, 0.2) is 0 Å². The second kappa shape index (κ2) is 7.52. The van der Waals surface area contributed by atoms with Crippen molar-refractivity contribution in [2.75, 3.05) is 0 Å². The highest BCUT2D eigenvalue weighted by atomic mass is 127. The Hall–Kier alpha value is -2.67. The van der Waals surface area contributed by atoms with Crippen molar-refractivity contribution in [1.82, 2.24) is 10.3 Å². The van der Waals surface area contributed by atoms with Crippen molar-refractivity contribution in [3.05, 3.63) is 93.4 Å². The largest absolute Gasteiger partial charge is 0.350 e. The van der Waals surface area contributed by atoms with Gasteiger partial charge < -0.3 is 10.3 Å². The molecule has 0 aliphatic carbocycles. The minimum absolute atomic E-state index is 0.218. The average molecular weight is 470 g/mol. The van der Waals surface area contributed by atoms with E-state index >= 15 is 0 Å². The first-order valence-electron chi connectivity index (χ1n) is 8.51. The number of hydrogen-bond acceptors (Lipinski definition) is 1. The number of hydrogen-bond donors (Lipinski definition) is 2. The maximum Gasteiger partial charge on any atom is 0.268 e. The van der Waals surface area contributed by atoms with Crippen LogP contribution in [0.2, 0.25) is 0 Å². The predicted octanol–water partition coefficient (Wildman–Crippen LogP) is 5.51. The van der Waals surface area contributed by atoms with Gasteiger partial charge >= 0.3 is 0 Å². The molecular formula is C22H16FIN2O. The van der Waals surface area contributed by atoms with Gasteiger partial charge in [0.25, 0.3) is 5.91 Å². The fourth-order valence-electron chi connectivity index (χ4n) is 3.16. The molecule has 0 bridgehead atoms. The molecular weight excluding hydrogens is 454 g/mol. The number of carbonyl (C=O) groups excluding carboxylic acids is 1. The molecule has 0 saturated carbocycles. The third kappa shape index (κ3) is 3.73. The predicted molar refractivity (Wildman–Crippen MR) is 114 cm³/mol. The van der Waals surface area contributed by atoms with Crippen molar-refractivity contribution in [3.63, 3.8) is 0 Å². The number of aromatic nitrogens is 1. The van der Waals surface area contributed by atoms with Crippen molar-refractivity contribution < 1.29 is 9.18 Å². The molecule has 4 rings (SSSR count). The highest BCUT2D eigenvalue weighted by Crippen LogP contribution is 2.33. The van der Waals surface area contributed by atoms with E-state index in [-0.39, 0.29) is 11.7 Å². The Morgan fingerprint density at radius 1 is 1.00 bits per heavy atom. The molecule has 0 aliphatic heterocycles. The Morgan fingerprint density at radius 2 is 1.81 bits per heavy atom. The van der Waals surface area contributed by atoms with E-state index < -0.39 is 0 Å². The molecule has 5 heteroatoms. The quantitative estimate of drug-likeness (QED) is 0.380. The van der Waals surface area contributed by atoms with Crippen molar-refractivity contribution in [2.45, 2.75) is 6.54 Å². The average Bonchev–Trinajstić information content (AvgIpc) is 3.05. The van der Waals surface area contributed by atoms with Gasteiger partial charge in [0, 0.05) is 26.6 Å². The summed E-state index contributed by atoms with van der Waals surface area (Å²) in [5.74, 6) is -0.547. The number of H-pyrrole nitrogens is 1. The van der Waals surface area contributed by atoms with E-state index in [2.05, 4.69) is 32.9 Å². The van der Waals surface area contributed by atoms with Gasteiger partial charge in [0.05, 0.1) is 0 Å². The van der Waals surface area contributed by atoms with E-state index in [4.69, 9.17) is 0 Å². The van der Waals surface area contributed by atoms with Crippen LogP contribution in [-0.4, -0.2) is 10.9 Å². The van der Waals surface area contributed by atoms with Gasteiger partial charge in [-0.1, -0.05) is 42.5 Å². The van der Waals surface area contributed by atoms with E-state index in [1.54, 1.807) is 6.07 Å². The fraction of sp³-hybridized carbons (Fsp3) is 0.0455. The number of halogens is 2. The lowest BCUT2D eigenvalue weighted by atomic mass is 10.0. The highest BCUT2D eigenvalue weighted by molar-refractivity contribution is 14.1. The Bertz CT molecular complexity index is 1120. The highest BCUT2D eigenvalue weighted by Gasteiger charge is 2.19. The summed E-state index contributed by atoms with van der Waals surface area (Å²) in [6, 6.07) is 22.0. The van der Waals surface area contributed by atoms with Gasteiger partial charge in [-0.15, -0.1) is 0 Å². The Labute approximate surface area is 169 Å². The van der Waals surface area contributed by atoms with Gasteiger partial charge in [-0.2, -0.15) is 0 Å². The second-order valence-corrected chi connectivity index (χ2v) is 7.49. The Morgan fingerprint density at radius 3 is 2.59 bits per heavy atom. The minimum atomic E-state index is -0.329. The van der Waals surface area contributed by atoms with Crippen molar-refractivity contribution in [2.24, 2.45) is 0 Å². The van der Waals surface area contributed by atoms with E-state index in [0.29, 0.717) is 23.2 Å². The first kappa shape index (κ1) is 17.7. The lowest BCUT2D eigenvalue weighted by molar-refractivity contribution is 0.0947. The van der Waals surface area contributed by atoms with E-state index in [1.807, 2.05) is 54.6 Å². The molecule has 2 N–H and O–H groups in total. The molecule has 27 heavy (non-hydrogen) atoms. The van der Waals surface area contributed by atoms with Crippen LogP contribution in [0.15, 0.2) is 72.8 Å². The van der Waals surface area contributed by atoms with Crippen LogP contribution in [0.5, 0.6) is 0 Å². The number of nitrogens with one attached hydrogen (secondary N) is 2. The number of aromatic amines is 1. The number of rotatable bonds is 4. The van der Waals surface area contributed by atoms with Crippen LogP contribution in [0.25, 0.3) is 22.0 Å². The van der Waals surface area contributed by atoms with E-state index in [0.717, 1.165) is 20.2 Å². The molecule has 3 aromatic carbocycles. The number of carbonyl (C=O) groups is 1. The number of benzene rings is 3. The topological polar surface area (TPSA) is 44.9 Å². The zero-order chi connectivity index (χ0) is 18.8. The van der Waals surface area contributed by atoms with Crippen LogP contribution >= 0.6 is 22.6 Å². The summed E-state index contributed by atoms with van der Waals surface area (Å²) in [7, 11) is 0. The van der Waals surface area contributed by atoms with Gasteiger partial charge in [-0.05, 0) is 64.0 Å². The van der Waals surface area contributed by atoms with Crippen molar-refractivity contribution >= 4 is 39.4 Å². The van der Waals surface area contributed by atoms with Crippen LogP contribution in [0.4, 0.5) is 4.39 Å². The van der Waals surface area contributed by atoms with Crippen LogP contribution in [-0.2, 0) is 6.54 Å². The van der Waals surface area contributed by atoms with Crippen LogP contribution in [0.1, 0.15) is 16.1 Å². The van der Waals surface area contributed by atoms with Crippen LogP contribution in [0.3, 0.4) is 0 Å². The zero-order valence-electron chi connectivity index (χ0n) is 14.3. The first-order chi connectivity index (χ1) is 13.1. The third-order valence-corrected chi connectivity index (χ3v) is 5.06. The van der Waals surface area contributed by atoms with Crippen LogP contribution < -0.4 is 5.32 Å². The fourth-order valence-corrected chi connectivity index (χ4v) is 3.76. The summed E-state index contributed by atoms with van der Waals surface area (Å²) in [6.07, 6.45) is 0. The summed E-state index contributed by atoms with van der Waals surface area (Å²) >= 11 is 2.25. The molecule has 3 nitrogen and oxygen atoms in total. The first-order valence-corrected chi connectivity index (χ1v) is 9.59. The molecule has 0 fully saturated rings. The van der Waals surface area contributed by atoms with Crippen molar-refractivity contribution in [1.29, 1.82) is 0 Å². The molecule has 0 radical (unpaired) electrons. The maximum absolute atomic E-state index is 13.8. The summed E-state index contributed by atoms with van der Waals surface area (Å²) in [5.41, 5.74) is 3.78. The SMILES string of the molecule is O=C(NCc1cccc(I)c1)c1[nH]c2ccc(F)cc2c1-c1ccccc1. The molecule has 0 unspecified atom stereocenters. The molecule has 0 spiro atoms. The molecule has 1 heterocycles. The normalized spacial score (nSPS) is 10.9. The van der Waals surface area contributed by atoms with Crippen molar-refractivity contribution in [3.8, 4) is 11.1 Å². The summed E-state index contributed by atoms with van der Waals surface area (Å²) in [5, 5.41) is 3.66. The second-order valence-electron chi connectivity index (χ2n) is 6.24. The lowest BCUT2D eigenvalue weighted by Crippen LogP contribution is -2.23. The van der Waals surface area contributed by atoms with Gasteiger partial charge in [0.2, 0.25) is 0 Å². The third-order valence-electron chi connectivity index (χ3n) is 4.39. The monoisotopic (exact) mass is 470 g/mol. The molecule has 1 amide bonds. The lowest BCUT2D eigenvalue weighted by Gasteiger charge is -2.08. The molecule has 4 aromatic rings. The molecule has 0 aliphatic rings. The van der Waals surface area contributed by atoms with Crippen LogP contribution in [0, 0.1) is 9.39 Å². The maximum atomic E-state index is 13.8. The van der Waals surface area contributed by atoms with Gasteiger partial charge in [-0.25, -0.2) is 4.39 Å². The number of fused-ring (bicyclic) bond motifs is 1.